The highest BCUT2D eigenvalue weighted by Gasteiger charge is 2.23. The molecule has 0 saturated carbocycles. The van der Waals surface area contributed by atoms with Crippen LogP contribution in [0.5, 0.6) is 0 Å². The third kappa shape index (κ3) is 3.15. The molecule has 0 aliphatic carbocycles. The van der Waals surface area contributed by atoms with Crippen LogP contribution in [-0.4, -0.2) is 36.8 Å². The number of methoxy groups -OCH3 is 1. The molecule has 2 heterocycles. The summed E-state index contributed by atoms with van der Waals surface area (Å²) in [4.78, 5) is 11.3. The summed E-state index contributed by atoms with van der Waals surface area (Å²) in [6, 6.07) is 0. The van der Waals surface area contributed by atoms with E-state index < -0.39 is 0 Å². The zero-order valence-corrected chi connectivity index (χ0v) is 12.1. The lowest BCUT2D eigenvalue weighted by atomic mass is 9.98. The average molecular weight is 264 g/mol. The Hall–Kier alpha value is -1.36. The van der Waals surface area contributed by atoms with Gasteiger partial charge >= 0.3 is 0 Å². The molecular weight excluding hydrogens is 240 g/mol. The Bertz CT molecular complexity index is 434. The van der Waals surface area contributed by atoms with Crippen molar-refractivity contribution in [3.05, 3.63) is 11.4 Å². The number of aromatic nitrogens is 2. The zero-order chi connectivity index (χ0) is 13.8. The van der Waals surface area contributed by atoms with Crippen molar-refractivity contribution in [1.82, 2.24) is 9.97 Å². The van der Waals surface area contributed by atoms with E-state index in [1.54, 1.807) is 7.11 Å². The Balaban J connectivity index is 2.22. The van der Waals surface area contributed by atoms with Gasteiger partial charge in [-0.25, -0.2) is 9.97 Å². The van der Waals surface area contributed by atoms with E-state index in [4.69, 9.17) is 10.5 Å². The number of rotatable bonds is 4. The van der Waals surface area contributed by atoms with Gasteiger partial charge in [0.1, 0.15) is 17.5 Å². The molecule has 5 nitrogen and oxygen atoms in total. The van der Waals surface area contributed by atoms with Gasteiger partial charge in [-0.15, -0.1) is 0 Å². The molecule has 1 fully saturated rings. The van der Waals surface area contributed by atoms with Gasteiger partial charge < -0.3 is 15.4 Å². The molecule has 1 aliphatic heterocycles. The first kappa shape index (κ1) is 14.1. The molecule has 0 amide bonds. The molecule has 0 spiro atoms. The molecule has 1 aromatic rings. The van der Waals surface area contributed by atoms with Crippen molar-refractivity contribution in [2.75, 3.05) is 37.4 Å². The van der Waals surface area contributed by atoms with Crippen LogP contribution in [0, 0.1) is 12.8 Å². The molecule has 106 valence electrons. The number of piperidine rings is 1. The monoisotopic (exact) mass is 264 g/mol. The second kappa shape index (κ2) is 6.19. The van der Waals surface area contributed by atoms with Crippen molar-refractivity contribution in [3.8, 4) is 0 Å². The quantitative estimate of drug-likeness (QED) is 0.898. The van der Waals surface area contributed by atoms with Crippen LogP contribution in [0.25, 0.3) is 0 Å². The van der Waals surface area contributed by atoms with E-state index in [9.17, 15) is 0 Å². The van der Waals surface area contributed by atoms with E-state index in [2.05, 4.69) is 21.8 Å². The number of hydrogen-bond acceptors (Lipinski definition) is 5. The standard InChI is InChI=1S/C14H24N4O/c1-4-12-16-13(15)10(2)14(17-12)18-7-5-6-11(8-18)9-19-3/h11H,4-9H2,1-3H3,(H2,15,16,17). The Kier molecular flexibility index (Phi) is 4.58. The van der Waals surface area contributed by atoms with Crippen LogP contribution in [-0.2, 0) is 11.2 Å². The summed E-state index contributed by atoms with van der Waals surface area (Å²) < 4.78 is 5.28. The van der Waals surface area contributed by atoms with Crippen LogP contribution < -0.4 is 10.6 Å². The summed E-state index contributed by atoms with van der Waals surface area (Å²) >= 11 is 0. The molecule has 5 heteroatoms. The van der Waals surface area contributed by atoms with Gasteiger partial charge in [0.25, 0.3) is 0 Å². The number of aryl methyl sites for hydroxylation is 1. The number of nitrogens with two attached hydrogens (primary N) is 1. The fourth-order valence-corrected chi connectivity index (χ4v) is 2.66. The maximum atomic E-state index is 5.99. The fourth-order valence-electron chi connectivity index (χ4n) is 2.66. The van der Waals surface area contributed by atoms with Gasteiger partial charge in [0, 0.05) is 32.2 Å². The first-order valence-corrected chi connectivity index (χ1v) is 7.02. The van der Waals surface area contributed by atoms with E-state index in [0.29, 0.717) is 11.7 Å². The number of nitrogen functional groups attached to an aromatic ring is 1. The average Bonchev–Trinajstić information content (AvgIpc) is 2.42. The number of nitrogens with zero attached hydrogens (tertiary/aromatic N) is 3. The predicted octanol–water partition coefficient (Wildman–Crippen LogP) is 1.79. The molecule has 0 bridgehead atoms. The van der Waals surface area contributed by atoms with E-state index >= 15 is 0 Å². The molecule has 0 aromatic carbocycles. The zero-order valence-electron chi connectivity index (χ0n) is 12.1. The van der Waals surface area contributed by atoms with Crippen LogP contribution in [0.15, 0.2) is 0 Å². The molecule has 0 radical (unpaired) electrons. The van der Waals surface area contributed by atoms with Gasteiger partial charge in [-0.2, -0.15) is 0 Å². The van der Waals surface area contributed by atoms with Gasteiger partial charge in [-0.1, -0.05) is 6.92 Å². The third-order valence-electron chi connectivity index (χ3n) is 3.74. The van der Waals surface area contributed by atoms with E-state index in [-0.39, 0.29) is 0 Å². The van der Waals surface area contributed by atoms with Gasteiger partial charge in [0.05, 0.1) is 6.61 Å². The highest BCUT2D eigenvalue weighted by molar-refractivity contribution is 5.56. The Labute approximate surface area is 115 Å². The van der Waals surface area contributed by atoms with Gasteiger partial charge in [-0.05, 0) is 25.7 Å². The highest BCUT2D eigenvalue weighted by Crippen LogP contribution is 2.27. The van der Waals surface area contributed by atoms with Gasteiger partial charge in [0.15, 0.2) is 0 Å². The number of ether oxygens (including phenoxy) is 1. The Morgan fingerprint density at radius 2 is 2.21 bits per heavy atom. The minimum absolute atomic E-state index is 0.583. The summed E-state index contributed by atoms with van der Waals surface area (Å²) in [5.74, 6) is 3.02. The third-order valence-corrected chi connectivity index (χ3v) is 3.74. The Morgan fingerprint density at radius 3 is 2.89 bits per heavy atom. The summed E-state index contributed by atoms with van der Waals surface area (Å²) in [6.45, 7) is 6.91. The van der Waals surface area contributed by atoms with E-state index in [1.807, 2.05) is 6.92 Å². The smallest absolute Gasteiger partial charge is 0.137 e. The normalized spacial score (nSPS) is 19.7. The first-order valence-electron chi connectivity index (χ1n) is 7.02. The second-order valence-corrected chi connectivity index (χ2v) is 5.24. The van der Waals surface area contributed by atoms with E-state index in [0.717, 1.165) is 43.3 Å². The summed E-state index contributed by atoms with van der Waals surface area (Å²) in [5, 5.41) is 0. The molecule has 19 heavy (non-hydrogen) atoms. The molecular formula is C14H24N4O. The van der Waals surface area contributed by atoms with Crippen LogP contribution in [0.3, 0.4) is 0 Å². The van der Waals surface area contributed by atoms with E-state index in [1.165, 1.54) is 12.8 Å². The lowest BCUT2D eigenvalue weighted by Crippen LogP contribution is -2.38. The topological polar surface area (TPSA) is 64.3 Å². The lowest BCUT2D eigenvalue weighted by Gasteiger charge is -2.34. The minimum atomic E-state index is 0.583. The van der Waals surface area contributed by atoms with Crippen molar-refractivity contribution in [2.24, 2.45) is 5.92 Å². The predicted molar refractivity (Wildman–Crippen MR) is 77.4 cm³/mol. The molecule has 1 aliphatic rings. The number of hydrogen-bond donors (Lipinski definition) is 1. The van der Waals surface area contributed by atoms with Crippen molar-refractivity contribution < 1.29 is 4.74 Å². The lowest BCUT2D eigenvalue weighted by molar-refractivity contribution is 0.143. The maximum absolute atomic E-state index is 5.99. The SMILES string of the molecule is CCc1nc(N)c(C)c(N2CCCC(COC)C2)n1. The van der Waals surface area contributed by atoms with Gasteiger partial charge in [0.2, 0.25) is 0 Å². The molecule has 2 rings (SSSR count). The van der Waals surface area contributed by atoms with Crippen LogP contribution >= 0.6 is 0 Å². The van der Waals surface area contributed by atoms with Crippen molar-refractivity contribution in [2.45, 2.75) is 33.1 Å². The van der Waals surface area contributed by atoms with Crippen LogP contribution in [0.1, 0.15) is 31.2 Å². The number of anilines is 2. The van der Waals surface area contributed by atoms with Crippen LogP contribution in [0.2, 0.25) is 0 Å². The van der Waals surface area contributed by atoms with Crippen molar-refractivity contribution in [3.63, 3.8) is 0 Å². The first-order chi connectivity index (χ1) is 9.15. The second-order valence-electron chi connectivity index (χ2n) is 5.24. The fraction of sp³-hybridized carbons (Fsp3) is 0.714. The van der Waals surface area contributed by atoms with Gasteiger partial charge in [-0.3, -0.25) is 0 Å². The van der Waals surface area contributed by atoms with Crippen molar-refractivity contribution in [1.29, 1.82) is 0 Å². The molecule has 1 saturated heterocycles. The minimum Gasteiger partial charge on any atom is -0.384 e. The summed E-state index contributed by atoms with van der Waals surface area (Å²) in [7, 11) is 1.77. The molecule has 1 aromatic heterocycles. The molecule has 2 N–H and O–H groups in total. The van der Waals surface area contributed by atoms with Crippen LogP contribution in [0.4, 0.5) is 11.6 Å². The maximum Gasteiger partial charge on any atom is 0.137 e. The largest absolute Gasteiger partial charge is 0.384 e. The molecule has 1 unspecified atom stereocenters. The Morgan fingerprint density at radius 1 is 1.42 bits per heavy atom. The molecule has 1 atom stereocenters. The highest BCUT2D eigenvalue weighted by atomic mass is 16.5. The summed E-state index contributed by atoms with van der Waals surface area (Å²) in [5.41, 5.74) is 6.99. The summed E-state index contributed by atoms with van der Waals surface area (Å²) in [6.07, 6.45) is 3.22. The van der Waals surface area contributed by atoms with Crippen molar-refractivity contribution >= 4 is 11.6 Å².